The monoisotopic (exact) mass is 273 g/mol. The van der Waals surface area contributed by atoms with E-state index in [1.165, 1.54) is 6.07 Å². The Morgan fingerprint density at radius 3 is 2.55 bits per heavy atom. The molecule has 0 saturated carbocycles. The first-order chi connectivity index (χ1) is 9.50. The molecule has 0 bridgehead atoms. The van der Waals surface area contributed by atoms with Crippen molar-refractivity contribution >= 4 is 17.3 Å². The van der Waals surface area contributed by atoms with Gasteiger partial charge in [-0.3, -0.25) is 4.79 Å². The summed E-state index contributed by atoms with van der Waals surface area (Å²) in [4.78, 5) is 11.2. The number of nitrogens with one attached hydrogen (secondary N) is 1. The van der Waals surface area contributed by atoms with Crippen LogP contribution in [0.3, 0.4) is 0 Å². The second kappa shape index (κ2) is 5.61. The molecule has 0 aromatic heterocycles. The molecule has 0 spiro atoms. The smallest absolute Gasteiger partial charge is 0.250 e. The van der Waals surface area contributed by atoms with Gasteiger partial charge in [-0.15, -0.1) is 0 Å². The highest BCUT2D eigenvalue weighted by molar-refractivity contribution is 6.00. The van der Waals surface area contributed by atoms with Crippen LogP contribution in [0.1, 0.15) is 28.9 Å². The van der Waals surface area contributed by atoms with Crippen LogP contribution in [0.15, 0.2) is 42.5 Å². The first kappa shape index (κ1) is 13.9. The minimum Gasteiger partial charge on any atom is -0.396 e. The van der Waals surface area contributed by atoms with Crippen molar-refractivity contribution in [1.82, 2.24) is 0 Å². The number of primary amides is 1. The Kier molecular flexibility index (Phi) is 3.89. The number of amides is 1. The van der Waals surface area contributed by atoms with Crippen molar-refractivity contribution in [1.29, 1.82) is 0 Å². The molecule has 0 radical (unpaired) electrons. The Labute approximate surface area is 116 Å². The molecule has 2 aromatic rings. The number of nitrogen functional groups attached to an aromatic ring is 1. The zero-order chi connectivity index (χ0) is 14.7. The summed E-state index contributed by atoms with van der Waals surface area (Å²) >= 11 is 0. The number of hydrogen-bond acceptors (Lipinski definition) is 3. The number of rotatable bonds is 4. The standard InChI is InChI=1S/C15H16FN3O/c1-9(10-5-2-3-7-12(10)16)19-13-8-4-6-11(14(13)17)15(18)20/h2-9,19H,17H2,1H3,(H2,18,20). The first-order valence-corrected chi connectivity index (χ1v) is 6.20. The summed E-state index contributed by atoms with van der Waals surface area (Å²) in [5, 5.41) is 3.09. The van der Waals surface area contributed by atoms with Gasteiger partial charge in [0.15, 0.2) is 0 Å². The lowest BCUT2D eigenvalue weighted by Gasteiger charge is -2.18. The van der Waals surface area contributed by atoms with E-state index in [1.54, 1.807) is 36.4 Å². The second-order valence-corrected chi connectivity index (χ2v) is 4.52. The minimum atomic E-state index is -0.593. The lowest BCUT2D eigenvalue weighted by molar-refractivity contribution is 0.100. The lowest BCUT2D eigenvalue weighted by Crippen LogP contribution is -2.16. The highest BCUT2D eigenvalue weighted by Crippen LogP contribution is 2.27. The SMILES string of the molecule is CC(Nc1cccc(C(N)=O)c1N)c1ccccc1F. The summed E-state index contributed by atoms with van der Waals surface area (Å²) in [5.74, 6) is -0.887. The molecule has 0 fully saturated rings. The molecule has 0 heterocycles. The average molecular weight is 273 g/mol. The predicted molar refractivity (Wildman–Crippen MR) is 77.8 cm³/mol. The Bertz CT molecular complexity index is 643. The van der Waals surface area contributed by atoms with Crippen molar-refractivity contribution in [3.63, 3.8) is 0 Å². The highest BCUT2D eigenvalue weighted by atomic mass is 19.1. The molecule has 5 N–H and O–H groups in total. The van der Waals surface area contributed by atoms with E-state index in [0.29, 0.717) is 11.3 Å². The van der Waals surface area contributed by atoms with Gasteiger partial charge >= 0.3 is 0 Å². The van der Waals surface area contributed by atoms with Gasteiger partial charge in [-0.25, -0.2) is 4.39 Å². The largest absolute Gasteiger partial charge is 0.396 e. The fourth-order valence-corrected chi connectivity index (χ4v) is 2.04. The number of benzene rings is 2. The van der Waals surface area contributed by atoms with Gasteiger partial charge in [0.1, 0.15) is 5.82 Å². The molecular formula is C15H16FN3O. The maximum Gasteiger partial charge on any atom is 0.250 e. The highest BCUT2D eigenvalue weighted by Gasteiger charge is 2.14. The van der Waals surface area contributed by atoms with Crippen LogP contribution in [-0.4, -0.2) is 5.91 Å². The fourth-order valence-electron chi connectivity index (χ4n) is 2.04. The maximum atomic E-state index is 13.7. The molecule has 2 rings (SSSR count). The van der Waals surface area contributed by atoms with Crippen LogP contribution in [0, 0.1) is 5.82 Å². The Morgan fingerprint density at radius 1 is 1.20 bits per heavy atom. The van der Waals surface area contributed by atoms with E-state index in [2.05, 4.69) is 5.32 Å². The van der Waals surface area contributed by atoms with Crippen molar-refractivity contribution < 1.29 is 9.18 Å². The number of hydrogen-bond donors (Lipinski definition) is 3. The Morgan fingerprint density at radius 2 is 1.90 bits per heavy atom. The van der Waals surface area contributed by atoms with Crippen LogP contribution in [0.25, 0.3) is 0 Å². The van der Waals surface area contributed by atoms with Crippen LogP contribution >= 0.6 is 0 Å². The molecule has 0 saturated heterocycles. The molecule has 4 nitrogen and oxygen atoms in total. The van der Waals surface area contributed by atoms with Gasteiger partial charge < -0.3 is 16.8 Å². The predicted octanol–water partition coefficient (Wildman–Crippen LogP) is 2.68. The van der Waals surface area contributed by atoms with Crippen molar-refractivity contribution in [3.05, 3.63) is 59.4 Å². The topological polar surface area (TPSA) is 81.1 Å². The van der Waals surface area contributed by atoms with E-state index in [1.807, 2.05) is 6.92 Å². The van der Waals surface area contributed by atoms with Crippen LogP contribution in [0.2, 0.25) is 0 Å². The van der Waals surface area contributed by atoms with Gasteiger partial charge in [0.05, 0.1) is 23.0 Å². The molecule has 0 aliphatic carbocycles. The van der Waals surface area contributed by atoms with E-state index >= 15 is 0 Å². The summed E-state index contributed by atoms with van der Waals surface area (Å²) in [6.45, 7) is 1.81. The maximum absolute atomic E-state index is 13.7. The zero-order valence-corrected chi connectivity index (χ0v) is 11.1. The fraction of sp³-hybridized carbons (Fsp3) is 0.133. The molecule has 2 aromatic carbocycles. The van der Waals surface area contributed by atoms with E-state index < -0.39 is 5.91 Å². The zero-order valence-electron chi connectivity index (χ0n) is 11.1. The number of halogens is 1. The van der Waals surface area contributed by atoms with E-state index in [0.717, 1.165) is 0 Å². The quantitative estimate of drug-likeness (QED) is 0.749. The molecular weight excluding hydrogens is 257 g/mol. The van der Waals surface area contributed by atoms with Crippen molar-refractivity contribution in [2.45, 2.75) is 13.0 Å². The van der Waals surface area contributed by atoms with Crippen molar-refractivity contribution in [2.75, 3.05) is 11.1 Å². The third kappa shape index (κ3) is 2.71. The van der Waals surface area contributed by atoms with Gasteiger partial charge in [-0.2, -0.15) is 0 Å². The number of anilines is 2. The Balaban J connectivity index is 2.29. The lowest BCUT2D eigenvalue weighted by atomic mass is 10.1. The summed E-state index contributed by atoms with van der Waals surface area (Å²) in [6, 6.07) is 11.1. The first-order valence-electron chi connectivity index (χ1n) is 6.20. The van der Waals surface area contributed by atoms with E-state index in [4.69, 9.17) is 11.5 Å². The van der Waals surface area contributed by atoms with Crippen molar-refractivity contribution in [3.8, 4) is 0 Å². The Hall–Kier alpha value is -2.56. The number of carbonyl (C=O) groups excluding carboxylic acids is 1. The number of para-hydroxylation sites is 1. The summed E-state index contributed by atoms with van der Waals surface area (Å²) in [6.07, 6.45) is 0. The third-order valence-electron chi connectivity index (χ3n) is 3.12. The van der Waals surface area contributed by atoms with Gasteiger partial charge in [0.25, 0.3) is 5.91 Å². The van der Waals surface area contributed by atoms with Crippen LogP contribution in [0.5, 0.6) is 0 Å². The van der Waals surface area contributed by atoms with E-state index in [-0.39, 0.29) is 23.1 Å². The molecule has 5 heteroatoms. The molecule has 20 heavy (non-hydrogen) atoms. The van der Waals surface area contributed by atoms with Gasteiger partial charge in [-0.05, 0) is 25.1 Å². The number of nitrogens with two attached hydrogens (primary N) is 2. The summed E-state index contributed by atoms with van der Waals surface area (Å²) in [5.41, 5.74) is 12.7. The van der Waals surface area contributed by atoms with Gasteiger partial charge in [-0.1, -0.05) is 24.3 Å². The second-order valence-electron chi connectivity index (χ2n) is 4.52. The molecule has 0 aliphatic rings. The van der Waals surface area contributed by atoms with Crippen LogP contribution in [-0.2, 0) is 0 Å². The van der Waals surface area contributed by atoms with Crippen LogP contribution < -0.4 is 16.8 Å². The average Bonchev–Trinajstić information content (AvgIpc) is 2.41. The summed E-state index contributed by atoms with van der Waals surface area (Å²) < 4.78 is 13.7. The van der Waals surface area contributed by atoms with Gasteiger partial charge in [0.2, 0.25) is 0 Å². The molecule has 1 amide bonds. The van der Waals surface area contributed by atoms with Gasteiger partial charge in [0, 0.05) is 5.56 Å². The normalized spacial score (nSPS) is 11.9. The third-order valence-corrected chi connectivity index (χ3v) is 3.12. The molecule has 1 unspecified atom stereocenters. The number of carbonyl (C=O) groups is 1. The van der Waals surface area contributed by atoms with Crippen molar-refractivity contribution in [2.24, 2.45) is 5.73 Å². The molecule has 104 valence electrons. The van der Waals surface area contributed by atoms with Crippen LogP contribution in [0.4, 0.5) is 15.8 Å². The summed E-state index contributed by atoms with van der Waals surface area (Å²) in [7, 11) is 0. The minimum absolute atomic E-state index is 0.246. The van der Waals surface area contributed by atoms with E-state index in [9.17, 15) is 9.18 Å². The molecule has 1 atom stereocenters. The molecule has 0 aliphatic heterocycles.